The molecular weight excluding hydrogens is 240 g/mol. The Kier molecular flexibility index (Phi) is 5.46. The van der Waals surface area contributed by atoms with Crippen LogP contribution in [0.15, 0.2) is 24.3 Å². The zero-order valence-electron chi connectivity index (χ0n) is 12.1. The second kappa shape index (κ2) is 6.42. The number of carbonyl (C=O) groups excluding carboxylic acids is 1. The minimum absolute atomic E-state index is 0.00404. The molecule has 0 amide bonds. The number of hydrogen-bond donors (Lipinski definition) is 0. The molecule has 0 saturated heterocycles. The molecular formula is C16H24OS. The molecule has 0 unspecified atom stereocenters. The second-order valence-electron chi connectivity index (χ2n) is 6.13. The maximum Gasteiger partial charge on any atom is 0.193 e. The highest BCUT2D eigenvalue weighted by molar-refractivity contribution is 8.14. The van der Waals surface area contributed by atoms with Gasteiger partial charge in [0.25, 0.3) is 0 Å². The lowest BCUT2D eigenvalue weighted by Gasteiger charge is -2.17. The molecule has 1 nitrogen and oxygen atoms in total. The Morgan fingerprint density at radius 1 is 1.17 bits per heavy atom. The zero-order valence-corrected chi connectivity index (χ0v) is 12.9. The van der Waals surface area contributed by atoms with Crippen molar-refractivity contribution in [2.45, 2.75) is 52.2 Å². The molecule has 0 aliphatic rings. The molecule has 0 bridgehead atoms. The summed E-state index contributed by atoms with van der Waals surface area (Å²) in [4.78, 5) is 12.0. The lowest BCUT2D eigenvalue weighted by Crippen LogP contribution is -2.14. The minimum atomic E-state index is 0.00404. The van der Waals surface area contributed by atoms with Gasteiger partial charge in [-0.15, -0.1) is 0 Å². The largest absolute Gasteiger partial charge is 0.287 e. The minimum Gasteiger partial charge on any atom is -0.287 e. The van der Waals surface area contributed by atoms with Gasteiger partial charge in [-0.1, -0.05) is 70.6 Å². The Balaban J connectivity index is 2.75. The normalized spacial score (nSPS) is 11.9. The Hall–Kier alpha value is -0.760. The number of hydrogen-bond acceptors (Lipinski definition) is 2. The van der Waals surface area contributed by atoms with Gasteiger partial charge in [-0.05, 0) is 23.5 Å². The van der Waals surface area contributed by atoms with E-state index in [-0.39, 0.29) is 9.86 Å². The number of rotatable bonds is 4. The SMILES string of the molecule is CC(C)Cc1ccccc1CC(=O)SC(C)(C)C. The van der Waals surface area contributed by atoms with Gasteiger partial charge in [0.2, 0.25) is 0 Å². The summed E-state index contributed by atoms with van der Waals surface area (Å²) in [6.07, 6.45) is 1.59. The molecule has 0 atom stereocenters. The van der Waals surface area contributed by atoms with Crippen LogP contribution in [0.2, 0.25) is 0 Å². The van der Waals surface area contributed by atoms with Crippen LogP contribution in [0, 0.1) is 5.92 Å². The van der Waals surface area contributed by atoms with E-state index in [9.17, 15) is 4.79 Å². The average Bonchev–Trinajstić information content (AvgIpc) is 2.17. The Morgan fingerprint density at radius 2 is 1.72 bits per heavy atom. The summed E-state index contributed by atoms with van der Waals surface area (Å²) in [7, 11) is 0. The van der Waals surface area contributed by atoms with Crippen LogP contribution in [-0.2, 0) is 17.6 Å². The smallest absolute Gasteiger partial charge is 0.193 e. The first-order valence-corrected chi connectivity index (χ1v) is 7.38. The summed E-state index contributed by atoms with van der Waals surface area (Å²) in [5.41, 5.74) is 2.50. The average molecular weight is 264 g/mol. The highest BCUT2D eigenvalue weighted by Crippen LogP contribution is 2.26. The molecule has 0 spiro atoms. The molecule has 18 heavy (non-hydrogen) atoms. The van der Waals surface area contributed by atoms with E-state index in [1.54, 1.807) is 0 Å². The van der Waals surface area contributed by atoms with Crippen LogP contribution < -0.4 is 0 Å². The molecule has 0 heterocycles. The van der Waals surface area contributed by atoms with Crippen LogP contribution in [0.4, 0.5) is 0 Å². The topological polar surface area (TPSA) is 17.1 Å². The molecule has 0 saturated carbocycles. The predicted octanol–water partition coefficient (Wildman–Crippen LogP) is 4.49. The molecule has 0 fully saturated rings. The fraction of sp³-hybridized carbons (Fsp3) is 0.562. The van der Waals surface area contributed by atoms with Crippen molar-refractivity contribution >= 4 is 16.9 Å². The van der Waals surface area contributed by atoms with E-state index in [1.807, 2.05) is 6.07 Å². The van der Waals surface area contributed by atoms with Crippen LogP contribution in [0.1, 0.15) is 45.7 Å². The standard InChI is InChI=1S/C16H24OS/c1-12(2)10-13-8-6-7-9-14(13)11-15(17)18-16(3,4)5/h6-9,12H,10-11H2,1-5H3. The lowest BCUT2D eigenvalue weighted by molar-refractivity contribution is -0.110. The fourth-order valence-corrected chi connectivity index (χ4v) is 2.81. The maximum atomic E-state index is 12.0. The number of thioether (sulfide) groups is 1. The molecule has 0 aliphatic carbocycles. The van der Waals surface area contributed by atoms with Crippen LogP contribution in [0.25, 0.3) is 0 Å². The van der Waals surface area contributed by atoms with Gasteiger partial charge < -0.3 is 0 Å². The number of benzene rings is 1. The van der Waals surface area contributed by atoms with E-state index in [0.29, 0.717) is 12.3 Å². The van der Waals surface area contributed by atoms with Crippen LogP contribution in [0.5, 0.6) is 0 Å². The van der Waals surface area contributed by atoms with E-state index in [0.717, 1.165) is 6.42 Å². The molecule has 0 N–H and O–H groups in total. The van der Waals surface area contributed by atoms with Gasteiger partial charge in [-0.25, -0.2) is 0 Å². The van der Waals surface area contributed by atoms with Gasteiger partial charge in [0.15, 0.2) is 5.12 Å². The van der Waals surface area contributed by atoms with Gasteiger partial charge in [0, 0.05) is 11.2 Å². The molecule has 1 rings (SSSR count). The third-order valence-electron chi connectivity index (χ3n) is 2.50. The van der Waals surface area contributed by atoms with E-state index in [4.69, 9.17) is 0 Å². The van der Waals surface area contributed by atoms with Crippen LogP contribution in [0.3, 0.4) is 0 Å². The monoisotopic (exact) mass is 264 g/mol. The van der Waals surface area contributed by atoms with Gasteiger partial charge in [-0.2, -0.15) is 0 Å². The second-order valence-corrected chi connectivity index (χ2v) is 8.01. The molecule has 1 aromatic carbocycles. The predicted molar refractivity (Wildman–Crippen MR) is 81.0 cm³/mol. The number of carbonyl (C=O) groups is 1. The van der Waals surface area contributed by atoms with Gasteiger partial charge in [0.1, 0.15) is 0 Å². The molecule has 1 aromatic rings. The molecule has 0 radical (unpaired) electrons. The summed E-state index contributed by atoms with van der Waals surface area (Å²) in [6, 6.07) is 8.31. The fourth-order valence-electron chi connectivity index (χ4n) is 1.90. The van der Waals surface area contributed by atoms with Gasteiger partial charge in [0.05, 0.1) is 0 Å². The highest BCUT2D eigenvalue weighted by Gasteiger charge is 2.17. The Morgan fingerprint density at radius 3 is 2.22 bits per heavy atom. The molecule has 100 valence electrons. The quantitative estimate of drug-likeness (QED) is 0.797. The molecule has 2 heteroatoms. The third-order valence-corrected chi connectivity index (χ3v) is 3.49. The third kappa shape index (κ3) is 5.72. The lowest BCUT2D eigenvalue weighted by atomic mass is 9.97. The van der Waals surface area contributed by atoms with Gasteiger partial charge >= 0.3 is 0 Å². The van der Waals surface area contributed by atoms with E-state index in [2.05, 4.69) is 52.8 Å². The van der Waals surface area contributed by atoms with Crippen molar-refractivity contribution < 1.29 is 4.79 Å². The highest BCUT2D eigenvalue weighted by atomic mass is 32.2. The summed E-state index contributed by atoms with van der Waals surface area (Å²) in [6.45, 7) is 10.7. The maximum absolute atomic E-state index is 12.0. The molecule has 0 aromatic heterocycles. The Labute approximate surface area is 115 Å². The van der Waals surface area contributed by atoms with E-state index >= 15 is 0 Å². The first-order chi connectivity index (χ1) is 8.28. The van der Waals surface area contributed by atoms with Crippen molar-refractivity contribution in [1.29, 1.82) is 0 Å². The van der Waals surface area contributed by atoms with E-state index < -0.39 is 0 Å². The van der Waals surface area contributed by atoms with Crippen molar-refractivity contribution in [3.8, 4) is 0 Å². The zero-order chi connectivity index (χ0) is 13.8. The summed E-state index contributed by atoms with van der Waals surface area (Å²) >= 11 is 1.44. The Bertz CT molecular complexity index is 402. The van der Waals surface area contributed by atoms with Crippen molar-refractivity contribution in [3.05, 3.63) is 35.4 Å². The summed E-state index contributed by atoms with van der Waals surface area (Å²) in [5.74, 6) is 0.622. The van der Waals surface area contributed by atoms with Crippen molar-refractivity contribution in [2.24, 2.45) is 5.92 Å². The summed E-state index contributed by atoms with van der Waals surface area (Å²) < 4.78 is 0.00404. The summed E-state index contributed by atoms with van der Waals surface area (Å²) in [5, 5.41) is 0.263. The molecule has 0 aliphatic heterocycles. The van der Waals surface area contributed by atoms with Gasteiger partial charge in [-0.3, -0.25) is 4.79 Å². The first kappa shape index (κ1) is 15.3. The van der Waals surface area contributed by atoms with Crippen molar-refractivity contribution in [3.63, 3.8) is 0 Å². The van der Waals surface area contributed by atoms with Crippen LogP contribution >= 0.6 is 11.8 Å². The van der Waals surface area contributed by atoms with Crippen molar-refractivity contribution in [1.82, 2.24) is 0 Å². The first-order valence-electron chi connectivity index (χ1n) is 6.56. The van der Waals surface area contributed by atoms with Crippen LogP contribution in [-0.4, -0.2) is 9.86 Å². The van der Waals surface area contributed by atoms with Crippen molar-refractivity contribution in [2.75, 3.05) is 0 Å². The van der Waals surface area contributed by atoms with E-state index in [1.165, 1.54) is 22.9 Å².